The summed E-state index contributed by atoms with van der Waals surface area (Å²) in [4.78, 5) is 0. The molecule has 0 fully saturated rings. The molecule has 0 aromatic heterocycles. The molecule has 1 aliphatic rings. The van der Waals surface area contributed by atoms with Gasteiger partial charge in [-0.2, -0.15) is 0 Å². The SMILES string of the molecule is CCCCCCCCCCCCC1=C(C)P=P[N]1. The second-order valence-corrected chi connectivity index (χ2v) is 7.64. The van der Waals surface area contributed by atoms with Gasteiger partial charge < -0.3 is 0 Å². The summed E-state index contributed by atoms with van der Waals surface area (Å²) >= 11 is 0. The monoisotopic (exact) mass is 284 g/mol. The van der Waals surface area contributed by atoms with Gasteiger partial charge in [-0.15, -0.1) is 0 Å². The Morgan fingerprint density at radius 1 is 0.833 bits per heavy atom. The van der Waals surface area contributed by atoms with Gasteiger partial charge >= 0.3 is 0 Å². The smallest absolute Gasteiger partial charge is 0.0699 e. The third-order valence-electron chi connectivity index (χ3n) is 3.54. The van der Waals surface area contributed by atoms with Crippen LogP contribution >= 0.6 is 15.9 Å². The van der Waals surface area contributed by atoms with Crippen LogP contribution in [0.3, 0.4) is 0 Å². The van der Waals surface area contributed by atoms with E-state index in [1.54, 1.807) is 0 Å². The molecule has 1 aliphatic heterocycles. The summed E-state index contributed by atoms with van der Waals surface area (Å²) in [6, 6.07) is 0. The van der Waals surface area contributed by atoms with E-state index in [1.165, 1.54) is 97.5 Å². The fraction of sp³-hybridized carbons (Fsp3) is 0.867. The van der Waals surface area contributed by atoms with E-state index in [1.807, 2.05) is 0 Å². The van der Waals surface area contributed by atoms with Crippen molar-refractivity contribution >= 4 is 15.9 Å². The molecule has 1 nitrogen and oxygen atoms in total. The fourth-order valence-corrected chi connectivity index (χ4v) is 4.38. The van der Waals surface area contributed by atoms with E-state index in [4.69, 9.17) is 0 Å². The first-order valence-corrected chi connectivity index (χ1v) is 10.1. The molecule has 0 aromatic carbocycles. The summed E-state index contributed by atoms with van der Waals surface area (Å²) in [6.45, 7) is 4.52. The molecule has 1 radical (unpaired) electrons. The molecule has 18 heavy (non-hydrogen) atoms. The third kappa shape index (κ3) is 7.55. The predicted octanol–water partition coefficient (Wildman–Crippen LogP) is 6.87. The van der Waals surface area contributed by atoms with Crippen molar-refractivity contribution < 1.29 is 0 Å². The summed E-state index contributed by atoms with van der Waals surface area (Å²) in [5.41, 5.74) is 1.40. The molecule has 0 saturated carbocycles. The second kappa shape index (κ2) is 11.0. The molecule has 3 heteroatoms. The first kappa shape index (κ1) is 16.2. The van der Waals surface area contributed by atoms with Crippen molar-refractivity contribution in [2.45, 2.75) is 84.5 Å². The molecule has 0 aliphatic carbocycles. The molecule has 103 valence electrons. The van der Waals surface area contributed by atoms with E-state index in [0.717, 1.165) is 0 Å². The highest BCUT2D eigenvalue weighted by Gasteiger charge is 2.06. The van der Waals surface area contributed by atoms with Gasteiger partial charge in [0.05, 0.1) is 13.7 Å². The summed E-state index contributed by atoms with van der Waals surface area (Å²) in [7, 11) is 2.67. The average Bonchev–Trinajstić information content (AvgIpc) is 2.77. The average molecular weight is 284 g/mol. The van der Waals surface area contributed by atoms with Gasteiger partial charge in [0.1, 0.15) is 0 Å². The van der Waals surface area contributed by atoms with Crippen LogP contribution in [-0.2, 0) is 0 Å². The molecule has 0 amide bonds. The van der Waals surface area contributed by atoms with Gasteiger partial charge in [-0.05, 0) is 27.6 Å². The Kier molecular flexibility index (Phi) is 9.90. The van der Waals surface area contributed by atoms with Crippen LogP contribution in [0.1, 0.15) is 84.5 Å². The molecule has 0 aromatic rings. The van der Waals surface area contributed by atoms with Gasteiger partial charge in [0.25, 0.3) is 0 Å². The fourth-order valence-electron chi connectivity index (χ4n) is 2.28. The maximum atomic E-state index is 4.53. The Bertz CT molecular complexity index is 272. The number of unbranched alkanes of at least 4 members (excludes halogenated alkanes) is 9. The zero-order valence-electron chi connectivity index (χ0n) is 12.1. The van der Waals surface area contributed by atoms with Gasteiger partial charge in [-0.1, -0.05) is 64.7 Å². The maximum Gasteiger partial charge on any atom is 0.0699 e. The topological polar surface area (TPSA) is 14.1 Å². The Hall–Kier alpha value is 0.140. The summed E-state index contributed by atoms with van der Waals surface area (Å²) in [6.07, 6.45) is 15.4. The first-order valence-electron chi connectivity index (χ1n) is 7.66. The summed E-state index contributed by atoms with van der Waals surface area (Å²) < 4.78 is 0. The Morgan fingerprint density at radius 2 is 1.39 bits per heavy atom. The molecule has 1 heterocycles. The van der Waals surface area contributed by atoms with Crippen molar-refractivity contribution in [3.8, 4) is 0 Å². The highest BCUT2D eigenvalue weighted by Crippen LogP contribution is 2.36. The zero-order valence-corrected chi connectivity index (χ0v) is 13.9. The second-order valence-electron chi connectivity index (χ2n) is 5.25. The van der Waals surface area contributed by atoms with Crippen molar-refractivity contribution in [3.05, 3.63) is 11.0 Å². The first-order chi connectivity index (χ1) is 8.84. The van der Waals surface area contributed by atoms with E-state index in [9.17, 15) is 0 Å². The van der Waals surface area contributed by atoms with Crippen LogP contribution in [0.4, 0.5) is 0 Å². The molecular weight excluding hydrogens is 256 g/mol. The van der Waals surface area contributed by atoms with Gasteiger partial charge in [0.15, 0.2) is 0 Å². The quantitative estimate of drug-likeness (QED) is 0.290. The number of hydrogen-bond acceptors (Lipinski definition) is 0. The van der Waals surface area contributed by atoms with Crippen LogP contribution in [0.15, 0.2) is 11.0 Å². The largest absolute Gasteiger partial charge is 0.227 e. The van der Waals surface area contributed by atoms with E-state index in [0.29, 0.717) is 0 Å². The van der Waals surface area contributed by atoms with Crippen LogP contribution in [-0.4, -0.2) is 0 Å². The van der Waals surface area contributed by atoms with Crippen LogP contribution < -0.4 is 5.09 Å². The van der Waals surface area contributed by atoms with Crippen LogP contribution in [0.2, 0.25) is 0 Å². The standard InChI is InChI=1S/C15H28NP2/c1-3-4-5-6-7-8-9-10-11-12-13-15-14(2)17-18-16-15/h3-13H2,1-2H3. The van der Waals surface area contributed by atoms with Crippen molar-refractivity contribution in [2.75, 3.05) is 0 Å². The van der Waals surface area contributed by atoms with Crippen LogP contribution in [0.25, 0.3) is 0 Å². The minimum absolute atomic E-state index is 1.22. The van der Waals surface area contributed by atoms with E-state index < -0.39 is 0 Å². The minimum Gasteiger partial charge on any atom is -0.227 e. The lowest BCUT2D eigenvalue weighted by Gasteiger charge is -2.03. The van der Waals surface area contributed by atoms with Gasteiger partial charge in [-0.25, -0.2) is 5.09 Å². The molecule has 1 rings (SSSR count). The normalized spacial score (nSPS) is 16.1. The van der Waals surface area contributed by atoms with Gasteiger partial charge in [-0.3, -0.25) is 0 Å². The highest BCUT2D eigenvalue weighted by atomic mass is 31.7. The molecule has 0 atom stereocenters. The van der Waals surface area contributed by atoms with Gasteiger partial charge in [0, 0.05) is 5.31 Å². The molecular formula is C15H28NP2. The Morgan fingerprint density at radius 3 is 1.89 bits per heavy atom. The molecule has 0 unspecified atom stereocenters. The van der Waals surface area contributed by atoms with Crippen molar-refractivity contribution in [3.63, 3.8) is 0 Å². The lowest BCUT2D eigenvalue weighted by atomic mass is 10.1. The summed E-state index contributed by atoms with van der Waals surface area (Å²) in [5.74, 6) is 0. The Balaban J connectivity index is 1.80. The zero-order chi connectivity index (χ0) is 13.1. The highest BCUT2D eigenvalue weighted by molar-refractivity contribution is 7.85. The van der Waals surface area contributed by atoms with E-state index >= 15 is 0 Å². The van der Waals surface area contributed by atoms with Gasteiger partial charge in [0.2, 0.25) is 0 Å². The van der Waals surface area contributed by atoms with Crippen molar-refractivity contribution in [1.82, 2.24) is 5.09 Å². The molecule has 0 spiro atoms. The predicted molar refractivity (Wildman–Crippen MR) is 85.1 cm³/mol. The molecule has 0 N–H and O–H groups in total. The van der Waals surface area contributed by atoms with Crippen molar-refractivity contribution in [2.24, 2.45) is 0 Å². The van der Waals surface area contributed by atoms with Crippen LogP contribution in [0.5, 0.6) is 0 Å². The number of allylic oxidation sites excluding steroid dienone is 2. The molecule has 0 bridgehead atoms. The lowest BCUT2D eigenvalue weighted by Crippen LogP contribution is -1.91. The lowest BCUT2D eigenvalue weighted by molar-refractivity contribution is 0.555. The number of hydrogen-bond donors (Lipinski definition) is 0. The Labute approximate surface area is 117 Å². The van der Waals surface area contributed by atoms with Crippen LogP contribution in [0, 0.1) is 0 Å². The van der Waals surface area contributed by atoms with E-state index in [2.05, 4.69) is 18.9 Å². The van der Waals surface area contributed by atoms with E-state index in [-0.39, 0.29) is 0 Å². The number of nitrogens with zero attached hydrogens (tertiary/aromatic N) is 1. The summed E-state index contributed by atoms with van der Waals surface area (Å²) in [5, 5.41) is 6.04. The van der Waals surface area contributed by atoms with Crippen molar-refractivity contribution in [1.29, 1.82) is 0 Å². The maximum absolute atomic E-state index is 4.53. The number of rotatable bonds is 11. The third-order valence-corrected chi connectivity index (χ3v) is 5.96. The molecule has 0 saturated heterocycles. The minimum atomic E-state index is 1.22.